The van der Waals surface area contributed by atoms with Gasteiger partial charge in [0.05, 0.1) is 6.54 Å². The molecule has 0 aromatic carbocycles. The number of hydrogen-bond donors (Lipinski definition) is 3. The average molecular weight is 325 g/mol. The number of nitrogens with one attached hydrogen (secondary N) is 3. The molecule has 0 aromatic heterocycles. The van der Waals surface area contributed by atoms with Crippen LogP contribution in [0.5, 0.6) is 0 Å². The highest BCUT2D eigenvalue weighted by atomic mass is 16.2. The summed E-state index contributed by atoms with van der Waals surface area (Å²) in [5.74, 6) is 1.85. The third kappa shape index (κ3) is 7.71. The van der Waals surface area contributed by atoms with E-state index in [2.05, 4.69) is 34.8 Å². The fourth-order valence-corrected chi connectivity index (χ4v) is 2.83. The fourth-order valence-electron chi connectivity index (χ4n) is 2.83. The Morgan fingerprint density at radius 3 is 2.26 bits per heavy atom. The van der Waals surface area contributed by atoms with E-state index in [0.29, 0.717) is 19.1 Å². The smallest absolute Gasteiger partial charge is 0.225 e. The Labute approximate surface area is 142 Å². The molecule has 134 valence electrons. The number of aliphatic imine (C=N–C) groups is 1. The Kier molecular flexibility index (Phi) is 8.42. The molecule has 0 spiro atoms. The molecule has 0 atom stereocenters. The van der Waals surface area contributed by atoms with E-state index in [1.165, 1.54) is 32.1 Å². The lowest BCUT2D eigenvalue weighted by Crippen LogP contribution is -2.45. The zero-order valence-corrected chi connectivity index (χ0v) is 15.7. The number of nitrogens with zero attached hydrogens (tertiary/aromatic N) is 1. The normalized spacial score (nSPS) is 22.6. The minimum atomic E-state index is -0.343. The summed E-state index contributed by atoms with van der Waals surface area (Å²) in [6.45, 7) is 12.2. The molecule has 1 amide bonds. The van der Waals surface area contributed by atoms with Crippen molar-refractivity contribution in [3.8, 4) is 0 Å². The molecule has 0 bridgehead atoms. The first-order chi connectivity index (χ1) is 10.9. The van der Waals surface area contributed by atoms with Gasteiger partial charge in [-0.1, -0.05) is 34.1 Å². The van der Waals surface area contributed by atoms with Crippen LogP contribution in [0.4, 0.5) is 0 Å². The minimum absolute atomic E-state index is 0.0727. The largest absolute Gasteiger partial charge is 0.357 e. The van der Waals surface area contributed by atoms with Crippen LogP contribution in [0.25, 0.3) is 0 Å². The zero-order chi connectivity index (χ0) is 17.3. The molecular weight excluding hydrogens is 288 g/mol. The molecule has 1 aliphatic carbocycles. The second-order valence-corrected chi connectivity index (χ2v) is 7.54. The Morgan fingerprint density at radius 2 is 1.74 bits per heavy atom. The van der Waals surface area contributed by atoms with E-state index in [1.807, 2.05) is 20.8 Å². The Balaban J connectivity index is 2.37. The lowest BCUT2D eigenvalue weighted by molar-refractivity contribution is -0.128. The number of hydrogen-bond acceptors (Lipinski definition) is 2. The molecule has 0 saturated heterocycles. The summed E-state index contributed by atoms with van der Waals surface area (Å²) in [6, 6.07) is 0.528. The van der Waals surface area contributed by atoms with E-state index in [0.717, 1.165) is 18.4 Å². The molecule has 5 nitrogen and oxygen atoms in total. The van der Waals surface area contributed by atoms with Gasteiger partial charge in [-0.2, -0.15) is 0 Å². The SMILES string of the molecule is CCNC(=NCCNC(=O)C(C)(C)C)NC1CCC(CC)CC1. The Hall–Kier alpha value is -1.26. The van der Waals surface area contributed by atoms with E-state index in [1.54, 1.807) is 0 Å². The van der Waals surface area contributed by atoms with Crippen LogP contribution < -0.4 is 16.0 Å². The molecule has 23 heavy (non-hydrogen) atoms. The van der Waals surface area contributed by atoms with Crippen LogP contribution in [0.2, 0.25) is 0 Å². The highest BCUT2D eigenvalue weighted by Crippen LogP contribution is 2.26. The quantitative estimate of drug-likeness (QED) is 0.400. The summed E-state index contributed by atoms with van der Waals surface area (Å²) in [7, 11) is 0. The minimum Gasteiger partial charge on any atom is -0.357 e. The third-order valence-corrected chi connectivity index (χ3v) is 4.46. The van der Waals surface area contributed by atoms with Crippen LogP contribution in [0.3, 0.4) is 0 Å². The van der Waals surface area contributed by atoms with Crippen molar-refractivity contribution in [2.45, 2.75) is 72.8 Å². The van der Waals surface area contributed by atoms with Gasteiger partial charge >= 0.3 is 0 Å². The lowest BCUT2D eigenvalue weighted by atomic mass is 9.84. The average Bonchev–Trinajstić information content (AvgIpc) is 2.51. The molecule has 0 heterocycles. The van der Waals surface area contributed by atoms with Gasteiger partial charge in [0.25, 0.3) is 0 Å². The molecular formula is C18H36N4O. The Morgan fingerprint density at radius 1 is 1.09 bits per heavy atom. The predicted molar refractivity (Wildman–Crippen MR) is 97.6 cm³/mol. The van der Waals surface area contributed by atoms with Crippen LogP contribution >= 0.6 is 0 Å². The standard InChI is InChI=1S/C18H36N4O/c1-6-14-8-10-15(11-9-14)22-17(19-7-2)21-13-12-20-16(23)18(3,4)5/h14-15H,6-13H2,1-5H3,(H,20,23)(H2,19,21,22). The van der Waals surface area contributed by atoms with Gasteiger partial charge in [0, 0.05) is 24.5 Å². The first-order valence-electron chi connectivity index (χ1n) is 9.20. The van der Waals surface area contributed by atoms with Gasteiger partial charge in [-0.15, -0.1) is 0 Å². The van der Waals surface area contributed by atoms with Gasteiger partial charge in [-0.05, 0) is 38.5 Å². The van der Waals surface area contributed by atoms with Crippen molar-refractivity contribution in [3.63, 3.8) is 0 Å². The van der Waals surface area contributed by atoms with Gasteiger partial charge in [0.15, 0.2) is 5.96 Å². The second-order valence-electron chi connectivity index (χ2n) is 7.54. The van der Waals surface area contributed by atoms with E-state index in [4.69, 9.17) is 0 Å². The highest BCUT2D eigenvalue weighted by molar-refractivity contribution is 5.81. The van der Waals surface area contributed by atoms with Gasteiger partial charge in [-0.3, -0.25) is 9.79 Å². The van der Waals surface area contributed by atoms with Crippen LogP contribution in [-0.4, -0.2) is 37.5 Å². The summed E-state index contributed by atoms with van der Waals surface area (Å²) in [5.41, 5.74) is -0.343. The lowest BCUT2D eigenvalue weighted by Gasteiger charge is -2.29. The van der Waals surface area contributed by atoms with Crippen LogP contribution in [-0.2, 0) is 4.79 Å². The van der Waals surface area contributed by atoms with Crippen molar-refractivity contribution < 1.29 is 4.79 Å². The maximum Gasteiger partial charge on any atom is 0.225 e. The number of guanidine groups is 1. The van der Waals surface area contributed by atoms with E-state index < -0.39 is 0 Å². The third-order valence-electron chi connectivity index (χ3n) is 4.46. The molecule has 0 radical (unpaired) electrons. The number of carbonyl (C=O) groups excluding carboxylic acids is 1. The van der Waals surface area contributed by atoms with Gasteiger partial charge in [-0.25, -0.2) is 0 Å². The van der Waals surface area contributed by atoms with Gasteiger partial charge in [0.1, 0.15) is 0 Å². The monoisotopic (exact) mass is 324 g/mol. The van der Waals surface area contributed by atoms with E-state index in [-0.39, 0.29) is 11.3 Å². The van der Waals surface area contributed by atoms with Crippen molar-refractivity contribution >= 4 is 11.9 Å². The van der Waals surface area contributed by atoms with Crippen LogP contribution in [0.15, 0.2) is 4.99 Å². The predicted octanol–water partition coefficient (Wildman–Crippen LogP) is 2.67. The topological polar surface area (TPSA) is 65.5 Å². The summed E-state index contributed by atoms with van der Waals surface area (Å²) in [4.78, 5) is 16.4. The van der Waals surface area contributed by atoms with Crippen LogP contribution in [0, 0.1) is 11.3 Å². The maximum absolute atomic E-state index is 11.8. The molecule has 1 saturated carbocycles. The Bertz CT molecular complexity index is 379. The first kappa shape index (κ1) is 19.8. The fraction of sp³-hybridized carbons (Fsp3) is 0.889. The van der Waals surface area contributed by atoms with Crippen molar-refractivity contribution in [1.82, 2.24) is 16.0 Å². The summed E-state index contributed by atoms with van der Waals surface area (Å²) < 4.78 is 0. The van der Waals surface area contributed by atoms with Gasteiger partial charge in [0.2, 0.25) is 5.91 Å². The van der Waals surface area contributed by atoms with E-state index >= 15 is 0 Å². The molecule has 5 heteroatoms. The first-order valence-corrected chi connectivity index (χ1v) is 9.20. The number of amides is 1. The number of carbonyl (C=O) groups is 1. The summed E-state index contributed by atoms with van der Waals surface area (Å²) in [5, 5.41) is 9.78. The van der Waals surface area contributed by atoms with Crippen molar-refractivity contribution in [3.05, 3.63) is 0 Å². The molecule has 1 rings (SSSR count). The molecule has 0 aromatic rings. The summed E-state index contributed by atoms with van der Waals surface area (Å²) in [6.07, 6.45) is 6.38. The van der Waals surface area contributed by atoms with E-state index in [9.17, 15) is 4.79 Å². The molecule has 0 aliphatic heterocycles. The van der Waals surface area contributed by atoms with Crippen molar-refractivity contribution in [1.29, 1.82) is 0 Å². The molecule has 0 unspecified atom stereocenters. The molecule has 1 fully saturated rings. The van der Waals surface area contributed by atoms with Crippen LogP contribution in [0.1, 0.15) is 66.7 Å². The summed E-state index contributed by atoms with van der Waals surface area (Å²) >= 11 is 0. The number of rotatable bonds is 6. The highest BCUT2D eigenvalue weighted by Gasteiger charge is 2.21. The maximum atomic E-state index is 11.8. The van der Waals surface area contributed by atoms with Crippen molar-refractivity contribution in [2.24, 2.45) is 16.3 Å². The second kappa shape index (κ2) is 9.78. The molecule has 3 N–H and O–H groups in total. The van der Waals surface area contributed by atoms with Gasteiger partial charge < -0.3 is 16.0 Å². The van der Waals surface area contributed by atoms with Crippen molar-refractivity contribution in [2.75, 3.05) is 19.6 Å². The zero-order valence-electron chi connectivity index (χ0n) is 15.7. The molecule has 1 aliphatic rings.